The molecule has 2 atom stereocenters. The molecule has 3 rings (SSSR count). The van der Waals surface area contributed by atoms with Gasteiger partial charge in [-0.2, -0.15) is 0 Å². The molecule has 5 heteroatoms. The first-order chi connectivity index (χ1) is 11.7. The summed E-state index contributed by atoms with van der Waals surface area (Å²) >= 11 is 3.51. The maximum absolute atomic E-state index is 12.5. The van der Waals surface area contributed by atoms with Crippen molar-refractivity contribution in [3.8, 4) is 0 Å². The van der Waals surface area contributed by atoms with Crippen LogP contribution >= 0.6 is 15.9 Å². The van der Waals surface area contributed by atoms with Crippen LogP contribution in [-0.2, 0) is 9.53 Å². The van der Waals surface area contributed by atoms with Gasteiger partial charge in [0.25, 0.3) is 0 Å². The van der Waals surface area contributed by atoms with Gasteiger partial charge in [-0.25, -0.2) is 0 Å². The standard InChI is InChI=1S/C20H25BrN2O2/c1-13-12-23(10-8-15(13)19(24)25-20(2,3)4)18-7-9-22-17-11-14(21)5-6-16(17)18/h5-7,9,11,13,15H,8,10,12H2,1-4H3. The van der Waals surface area contributed by atoms with E-state index in [4.69, 9.17) is 4.74 Å². The molecule has 2 heterocycles. The average Bonchev–Trinajstić information content (AvgIpc) is 2.52. The van der Waals surface area contributed by atoms with Gasteiger partial charge in [-0.05, 0) is 57.4 Å². The van der Waals surface area contributed by atoms with Crippen LogP contribution < -0.4 is 4.90 Å². The highest BCUT2D eigenvalue weighted by Crippen LogP contribution is 2.33. The Labute approximate surface area is 157 Å². The number of hydrogen-bond donors (Lipinski definition) is 0. The minimum atomic E-state index is -0.428. The van der Waals surface area contributed by atoms with Crippen LogP contribution in [0, 0.1) is 11.8 Å². The highest BCUT2D eigenvalue weighted by atomic mass is 79.9. The summed E-state index contributed by atoms with van der Waals surface area (Å²) in [5.41, 5.74) is 1.74. The maximum Gasteiger partial charge on any atom is 0.309 e. The van der Waals surface area contributed by atoms with E-state index in [1.165, 1.54) is 5.69 Å². The Balaban J connectivity index is 1.79. The van der Waals surface area contributed by atoms with E-state index in [1.54, 1.807) is 0 Å². The first-order valence-corrected chi connectivity index (χ1v) is 9.56. The Kier molecular flexibility index (Phi) is 5.05. The van der Waals surface area contributed by atoms with Crippen molar-refractivity contribution < 1.29 is 9.53 Å². The van der Waals surface area contributed by atoms with Crippen molar-refractivity contribution in [3.63, 3.8) is 0 Å². The number of anilines is 1. The van der Waals surface area contributed by atoms with E-state index in [2.05, 4.69) is 44.9 Å². The van der Waals surface area contributed by atoms with Gasteiger partial charge < -0.3 is 9.64 Å². The predicted molar refractivity (Wildman–Crippen MR) is 105 cm³/mol. The Morgan fingerprint density at radius 1 is 1.32 bits per heavy atom. The highest BCUT2D eigenvalue weighted by Gasteiger charge is 2.34. The second-order valence-corrected chi connectivity index (χ2v) is 8.76. The summed E-state index contributed by atoms with van der Waals surface area (Å²) in [5.74, 6) is 0.156. The molecular weight excluding hydrogens is 380 g/mol. The zero-order valence-electron chi connectivity index (χ0n) is 15.3. The third-order valence-corrected chi connectivity index (χ3v) is 5.13. The van der Waals surface area contributed by atoms with Crippen molar-refractivity contribution in [1.29, 1.82) is 0 Å². The van der Waals surface area contributed by atoms with Crippen LogP contribution in [0.15, 0.2) is 34.9 Å². The zero-order valence-corrected chi connectivity index (χ0v) is 16.8. The number of rotatable bonds is 2. The second-order valence-electron chi connectivity index (χ2n) is 7.84. The van der Waals surface area contributed by atoms with Gasteiger partial charge in [0.15, 0.2) is 0 Å². The number of ether oxygens (including phenoxy) is 1. The van der Waals surface area contributed by atoms with Crippen molar-refractivity contribution in [2.75, 3.05) is 18.0 Å². The Morgan fingerprint density at radius 2 is 2.08 bits per heavy atom. The molecule has 1 aromatic heterocycles. The number of esters is 1. The van der Waals surface area contributed by atoms with Gasteiger partial charge in [-0.15, -0.1) is 0 Å². The number of halogens is 1. The highest BCUT2D eigenvalue weighted by molar-refractivity contribution is 9.10. The Bertz CT molecular complexity index is 785. The minimum Gasteiger partial charge on any atom is -0.460 e. The number of aromatic nitrogens is 1. The van der Waals surface area contributed by atoms with Crippen molar-refractivity contribution in [3.05, 3.63) is 34.9 Å². The number of piperidine rings is 1. The fourth-order valence-electron chi connectivity index (χ4n) is 3.47. The molecule has 134 valence electrons. The molecule has 0 spiro atoms. The van der Waals surface area contributed by atoms with Gasteiger partial charge in [0.1, 0.15) is 5.60 Å². The smallest absolute Gasteiger partial charge is 0.309 e. The molecule has 0 bridgehead atoms. The summed E-state index contributed by atoms with van der Waals surface area (Å²) in [6, 6.07) is 8.25. The first-order valence-electron chi connectivity index (χ1n) is 8.77. The van der Waals surface area contributed by atoms with E-state index in [0.717, 1.165) is 34.9 Å². The molecule has 0 N–H and O–H groups in total. The molecule has 0 saturated carbocycles. The average molecular weight is 405 g/mol. The number of carbonyl (C=O) groups excluding carboxylic acids is 1. The molecule has 1 fully saturated rings. The molecule has 4 nitrogen and oxygen atoms in total. The molecule has 2 aromatic rings. The molecule has 25 heavy (non-hydrogen) atoms. The van der Waals surface area contributed by atoms with Crippen LogP contribution in [0.4, 0.5) is 5.69 Å². The van der Waals surface area contributed by atoms with Crippen molar-refractivity contribution in [1.82, 2.24) is 4.98 Å². The van der Waals surface area contributed by atoms with E-state index >= 15 is 0 Å². The van der Waals surface area contributed by atoms with Gasteiger partial charge in [0.05, 0.1) is 11.4 Å². The third kappa shape index (κ3) is 4.14. The summed E-state index contributed by atoms with van der Waals surface area (Å²) in [6.07, 6.45) is 2.67. The van der Waals surface area contributed by atoms with Crippen molar-refractivity contribution in [2.45, 2.75) is 39.7 Å². The summed E-state index contributed by atoms with van der Waals surface area (Å²) < 4.78 is 6.63. The van der Waals surface area contributed by atoms with E-state index in [0.29, 0.717) is 0 Å². The fraction of sp³-hybridized carbons (Fsp3) is 0.500. The number of nitrogens with zero attached hydrogens (tertiary/aromatic N) is 2. The zero-order chi connectivity index (χ0) is 18.2. The molecule has 1 aliphatic rings. The lowest BCUT2D eigenvalue weighted by Crippen LogP contribution is -2.44. The molecule has 1 aromatic carbocycles. The van der Waals surface area contributed by atoms with E-state index < -0.39 is 5.60 Å². The van der Waals surface area contributed by atoms with E-state index in [-0.39, 0.29) is 17.8 Å². The number of pyridine rings is 1. The van der Waals surface area contributed by atoms with E-state index in [1.807, 2.05) is 39.1 Å². The number of carbonyl (C=O) groups is 1. The van der Waals surface area contributed by atoms with Crippen molar-refractivity contribution in [2.24, 2.45) is 11.8 Å². The largest absolute Gasteiger partial charge is 0.460 e. The number of fused-ring (bicyclic) bond motifs is 1. The maximum atomic E-state index is 12.5. The number of hydrogen-bond acceptors (Lipinski definition) is 4. The third-order valence-electron chi connectivity index (χ3n) is 4.64. The van der Waals surface area contributed by atoms with Crippen LogP contribution in [0.3, 0.4) is 0 Å². The van der Waals surface area contributed by atoms with E-state index in [9.17, 15) is 4.79 Å². The molecule has 2 unspecified atom stereocenters. The molecule has 0 aliphatic carbocycles. The molecular formula is C20H25BrN2O2. The minimum absolute atomic E-state index is 0.0299. The second kappa shape index (κ2) is 6.94. The molecule has 1 aliphatic heterocycles. The summed E-state index contributed by atoms with van der Waals surface area (Å²) in [6.45, 7) is 9.60. The van der Waals surface area contributed by atoms with Gasteiger partial charge in [0.2, 0.25) is 0 Å². The summed E-state index contributed by atoms with van der Waals surface area (Å²) in [7, 11) is 0. The van der Waals surface area contributed by atoms with Gasteiger partial charge in [0, 0.05) is 34.8 Å². The topological polar surface area (TPSA) is 42.4 Å². The van der Waals surface area contributed by atoms with Gasteiger partial charge in [-0.3, -0.25) is 9.78 Å². The summed E-state index contributed by atoms with van der Waals surface area (Å²) in [5, 5.41) is 1.15. The van der Waals surface area contributed by atoms with Gasteiger partial charge in [-0.1, -0.05) is 22.9 Å². The van der Waals surface area contributed by atoms with Crippen LogP contribution in [0.1, 0.15) is 34.1 Å². The van der Waals surface area contributed by atoms with Crippen LogP contribution in [0.5, 0.6) is 0 Å². The molecule has 0 radical (unpaired) electrons. The van der Waals surface area contributed by atoms with Gasteiger partial charge >= 0.3 is 5.97 Å². The van der Waals surface area contributed by atoms with Crippen LogP contribution in [0.2, 0.25) is 0 Å². The first kappa shape index (κ1) is 18.2. The summed E-state index contributed by atoms with van der Waals surface area (Å²) in [4.78, 5) is 19.3. The fourth-order valence-corrected chi connectivity index (χ4v) is 3.82. The molecule has 0 amide bonds. The van der Waals surface area contributed by atoms with Crippen molar-refractivity contribution >= 4 is 38.5 Å². The lowest BCUT2D eigenvalue weighted by Gasteiger charge is -2.38. The SMILES string of the molecule is CC1CN(c2ccnc3cc(Br)ccc23)CCC1C(=O)OC(C)(C)C. The molecule has 1 saturated heterocycles. The quantitative estimate of drug-likeness (QED) is 0.673. The monoisotopic (exact) mass is 404 g/mol. The van der Waals surface area contributed by atoms with Crippen LogP contribution in [-0.4, -0.2) is 29.6 Å². The Morgan fingerprint density at radius 3 is 2.76 bits per heavy atom. The number of benzene rings is 1. The Hall–Kier alpha value is -1.62. The normalized spacial score (nSPS) is 21.4. The lowest BCUT2D eigenvalue weighted by atomic mass is 9.86. The lowest BCUT2D eigenvalue weighted by molar-refractivity contribution is -0.162. The predicted octanol–water partition coefficient (Wildman–Crippen LogP) is 4.80. The van der Waals surface area contributed by atoms with Crippen LogP contribution in [0.25, 0.3) is 10.9 Å².